The molecular weight excluding hydrogens is 390 g/mol. The second-order valence-corrected chi connectivity index (χ2v) is 9.76. The highest BCUT2D eigenvalue weighted by Crippen LogP contribution is 2.55. The summed E-state index contributed by atoms with van der Waals surface area (Å²) >= 11 is 0. The van der Waals surface area contributed by atoms with Crippen LogP contribution in [-0.2, 0) is 0 Å². The minimum atomic E-state index is -0.523. The maximum atomic E-state index is 13.3. The molecule has 0 heterocycles. The number of hydrogen-bond acceptors (Lipinski definition) is 4. The maximum absolute atomic E-state index is 13.3. The Bertz CT molecular complexity index is 1020. The van der Waals surface area contributed by atoms with Crippen LogP contribution in [0.2, 0.25) is 0 Å². The van der Waals surface area contributed by atoms with Gasteiger partial charge in [0.05, 0.1) is 18.3 Å². The van der Waals surface area contributed by atoms with E-state index in [-0.39, 0.29) is 17.7 Å². The molecule has 2 N–H and O–H groups in total. The molecule has 4 saturated carbocycles. The van der Waals surface area contributed by atoms with Crippen LogP contribution in [0.3, 0.4) is 0 Å². The largest absolute Gasteiger partial charge is 0.496 e. The zero-order valence-corrected chi connectivity index (χ0v) is 18.1. The predicted molar refractivity (Wildman–Crippen MR) is 117 cm³/mol. The minimum absolute atomic E-state index is 0.0942. The number of carbonyl (C=O) groups excluding carboxylic acids is 2. The van der Waals surface area contributed by atoms with Crippen molar-refractivity contribution in [3.05, 3.63) is 64.7 Å². The van der Waals surface area contributed by atoms with Crippen molar-refractivity contribution in [2.75, 3.05) is 7.11 Å². The molecule has 2 atom stereocenters. The van der Waals surface area contributed by atoms with Crippen molar-refractivity contribution in [3.8, 4) is 5.75 Å². The topological polar surface area (TPSA) is 75.6 Å². The Morgan fingerprint density at radius 1 is 1.03 bits per heavy atom. The van der Waals surface area contributed by atoms with Crippen molar-refractivity contribution in [2.45, 2.75) is 50.7 Å². The molecule has 2 aromatic carbocycles. The van der Waals surface area contributed by atoms with E-state index in [4.69, 9.17) is 4.74 Å². The minimum Gasteiger partial charge on any atom is -0.496 e. The van der Waals surface area contributed by atoms with E-state index in [2.05, 4.69) is 5.32 Å². The molecule has 0 aliphatic heterocycles. The molecule has 0 spiro atoms. The number of carbonyl (C=O) groups is 2. The third kappa shape index (κ3) is 3.55. The van der Waals surface area contributed by atoms with Crippen LogP contribution >= 0.6 is 0 Å². The number of aliphatic hydroxyl groups is 1. The number of ether oxygens (including phenoxy) is 1. The van der Waals surface area contributed by atoms with E-state index in [0.717, 1.165) is 37.7 Å². The van der Waals surface area contributed by atoms with Gasteiger partial charge in [0.1, 0.15) is 5.75 Å². The zero-order valence-electron chi connectivity index (χ0n) is 18.1. The lowest BCUT2D eigenvalue weighted by molar-refractivity contribution is -0.136. The molecule has 0 aromatic heterocycles. The molecule has 4 fully saturated rings. The number of methoxy groups -OCH3 is 1. The lowest BCUT2D eigenvalue weighted by Crippen LogP contribution is -2.61. The van der Waals surface area contributed by atoms with Gasteiger partial charge in [0.2, 0.25) is 0 Å². The lowest BCUT2D eigenvalue weighted by Gasteiger charge is -2.58. The Labute approximate surface area is 182 Å². The molecule has 4 aliphatic rings. The third-order valence-corrected chi connectivity index (χ3v) is 7.58. The fourth-order valence-corrected chi connectivity index (χ4v) is 6.53. The van der Waals surface area contributed by atoms with Gasteiger partial charge in [-0.2, -0.15) is 0 Å². The standard InChI is InChI=1S/C26H29NO4/c1-15-8-18(24(28)17-6-4-3-5-7-17)11-21(31-2)22(15)25(29)27-23-19-9-16-10-20(23)14-26(30,12-16)13-19/h3-8,11,16,19-20,23,30H,9-10,12-14H2,1-2H3,(H,27,29)/t16?,19?,20?,23-,26-. The van der Waals surface area contributed by atoms with Crippen molar-refractivity contribution in [3.63, 3.8) is 0 Å². The Balaban J connectivity index is 1.40. The Hall–Kier alpha value is -2.66. The van der Waals surface area contributed by atoms with E-state index < -0.39 is 5.60 Å². The van der Waals surface area contributed by atoms with Gasteiger partial charge in [-0.05, 0) is 74.5 Å². The summed E-state index contributed by atoms with van der Waals surface area (Å²) in [4.78, 5) is 26.2. The highest BCUT2D eigenvalue weighted by molar-refractivity contribution is 6.10. The molecule has 2 aromatic rings. The number of hydrogen-bond donors (Lipinski definition) is 2. The van der Waals surface area contributed by atoms with Crippen molar-refractivity contribution in [1.29, 1.82) is 0 Å². The Kier molecular flexibility index (Phi) is 4.89. The first kappa shape index (κ1) is 20.3. The summed E-state index contributed by atoms with van der Waals surface area (Å²) in [7, 11) is 1.53. The number of ketones is 1. The molecule has 5 heteroatoms. The molecule has 5 nitrogen and oxygen atoms in total. The molecule has 162 valence electrons. The van der Waals surface area contributed by atoms with Crippen molar-refractivity contribution in [1.82, 2.24) is 5.32 Å². The smallest absolute Gasteiger partial charge is 0.255 e. The SMILES string of the molecule is COc1cc(C(=O)c2ccccc2)cc(C)c1C(=O)N[C@H]1C2CC3CC1C[C@](O)(C3)C2. The van der Waals surface area contributed by atoms with E-state index in [9.17, 15) is 14.7 Å². The fraction of sp³-hybridized carbons (Fsp3) is 0.462. The number of nitrogens with one attached hydrogen (secondary N) is 1. The van der Waals surface area contributed by atoms with E-state index in [1.54, 1.807) is 24.3 Å². The van der Waals surface area contributed by atoms with E-state index in [1.807, 2.05) is 25.1 Å². The van der Waals surface area contributed by atoms with E-state index in [1.165, 1.54) is 7.11 Å². The average molecular weight is 420 g/mol. The van der Waals surface area contributed by atoms with Crippen molar-refractivity contribution >= 4 is 11.7 Å². The van der Waals surface area contributed by atoms with E-state index in [0.29, 0.717) is 40.2 Å². The zero-order chi connectivity index (χ0) is 21.8. The van der Waals surface area contributed by atoms with Crippen LogP contribution < -0.4 is 10.1 Å². The van der Waals surface area contributed by atoms with Gasteiger partial charge >= 0.3 is 0 Å². The number of amides is 1. The number of benzene rings is 2. The van der Waals surface area contributed by atoms with E-state index >= 15 is 0 Å². The number of aryl methyl sites for hydroxylation is 1. The summed E-state index contributed by atoms with van der Waals surface area (Å²) in [6.45, 7) is 1.85. The molecular formula is C26H29NO4. The second kappa shape index (κ2) is 7.49. The summed E-state index contributed by atoms with van der Waals surface area (Å²) in [5.74, 6) is 1.44. The molecule has 0 saturated heterocycles. The van der Waals surface area contributed by atoms with Crippen molar-refractivity contribution < 1.29 is 19.4 Å². The third-order valence-electron chi connectivity index (χ3n) is 7.58. The van der Waals surface area contributed by atoms with Gasteiger partial charge in [0, 0.05) is 17.2 Å². The summed E-state index contributed by atoms with van der Waals surface area (Å²) in [5.41, 5.74) is 1.80. The maximum Gasteiger partial charge on any atom is 0.255 e. The van der Waals surface area contributed by atoms with Gasteiger partial charge in [-0.25, -0.2) is 0 Å². The number of rotatable bonds is 5. The molecule has 4 bridgehead atoms. The normalized spacial score (nSPS) is 30.8. The van der Waals surface area contributed by atoms with Gasteiger partial charge in [-0.15, -0.1) is 0 Å². The Morgan fingerprint density at radius 2 is 1.71 bits per heavy atom. The quantitative estimate of drug-likeness (QED) is 0.721. The van der Waals surface area contributed by atoms with Gasteiger partial charge in [-0.3, -0.25) is 9.59 Å². The van der Waals surface area contributed by atoms with Crippen LogP contribution in [0, 0.1) is 24.7 Å². The first-order valence-corrected chi connectivity index (χ1v) is 11.2. The predicted octanol–water partition coefficient (Wildman–Crippen LogP) is 3.90. The highest BCUT2D eigenvalue weighted by atomic mass is 16.5. The highest BCUT2D eigenvalue weighted by Gasteiger charge is 2.55. The Morgan fingerprint density at radius 3 is 2.32 bits per heavy atom. The van der Waals surface area contributed by atoms with Crippen LogP contribution in [-0.4, -0.2) is 35.5 Å². The monoisotopic (exact) mass is 419 g/mol. The molecule has 6 rings (SSSR count). The van der Waals surface area contributed by atoms with Crippen LogP contribution in [0.15, 0.2) is 42.5 Å². The average Bonchev–Trinajstić information content (AvgIpc) is 2.74. The fourth-order valence-electron chi connectivity index (χ4n) is 6.53. The van der Waals surface area contributed by atoms with Gasteiger partial charge in [0.15, 0.2) is 5.78 Å². The molecule has 0 radical (unpaired) electrons. The summed E-state index contributed by atoms with van der Waals surface area (Å²) < 4.78 is 5.54. The molecule has 4 aliphatic carbocycles. The van der Waals surface area contributed by atoms with Crippen LogP contribution in [0.5, 0.6) is 5.75 Å². The lowest BCUT2D eigenvalue weighted by atomic mass is 9.52. The van der Waals surface area contributed by atoms with Crippen LogP contribution in [0.4, 0.5) is 0 Å². The molecule has 31 heavy (non-hydrogen) atoms. The van der Waals surface area contributed by atoms with Crippen molar-refractivity contribution in [2.24, 2.45) is 17.8 Å². The molecule has 2 unspecified atom stereocenters. The summed E-state index contributed by atoms with van der Waals surface area (Å²) in [5, 5.41) is 14.1. The van der Waals surface area contributed by atoms with Crippen LogP contribution in [0.25, 0.3) is 0 Å². The first-order chi connectivity index (χ1) is 14.9. The first-order valence-electron chi connectivity index (χ1n) is 11.2. The summed E-state index contributed by atoms with van der Waals surface area (Å²) in [6.07, 6.45) is 4.66. The molecule has 1 amide bonds. The second-order valence-electron chi connectivity index (χ2n) is 9.76. The van der Waals surface area contributed by atoms with Gasteiger partial charge < -0.3 is 15.2 Å². The van der Waals surface area contributed by atoms with Crippen LogP contribution in [0.1, 0.15) is 63.9 Å². The summed E-state index contributed by atoms with van der Waals surface area (Å²) in [6, 6.07) is 12.6. The van der Waals surface area contributed by atoms with Gasteiger partial charge in [-0.1, -0.05) is 30.3 Å². The van der Waals surface area contributed by atoms with Gasteiger partial charge in [0.25, 0.3) is 5.91 Å².